The van der Waals surface area contributed by atoms with E-state index in [4.69, 9.17) is 0 Å². The summed E-state index contributed by atoms with van der Waals surface area (Å²) in [7, 11) is -3.49. The summed E-state index contributed by atoms with van der Waals surface area (Å²) in [5.41, 5.74) is 0.1000. The molecule has 1 N–H and O–H groups in total. The van der Waals surface area contributed by atoms with E-state index in [1.165, 1.54) is 11.8 Å². The van der Waals surface area contributed by atoms with E-state index in [1.54, 1.807) is 24.6 Å². The number of nitrogens with zero attached hydrogens (tertiary/aromatic N) is 1. The van der Waals surface area contributed by atoms with Crippen LogP contribution in [0.15, 0.2) is 46.5 Å². The van der Waals surface area contributed by atoms with Crippen molar-refractivity contribution in [2.45, 2.75) is 9.92 Å². The van der Waals surface area contributed by atoms with Gasteiger partial charge in [-0.2, -0.15) is 0 Å². The number of benzene rings is 1. The third-order valence-corrected chi connectivity index (χ3v) is 4.65. The van der Waals surface area contributed by atoms with Crippen molar-refractivity contribution in [1.82, 2.24) is 4.98 Å². The van der Waals surface area contributed by atoms with Crippen LogP contribution in [-0.4, -0.2) is 31.8 Å². The Balaban J connectivity index is 2.36. The minimum absolute atomic E-state index is 0.0690. The van der Waals surface area contributed by atoms with Crippen LogP contribution in [0.3, 0.4) is 0 Å². The maximum atomic E-state index is 13.8. The van der Waals surface area contributed by atoms with Gasteiger partial charge in [-0.15, -0.1) is 11.8 Å². The van der Waals surface area contributed by atoms with Crippen LogP contribution < -0.4 is 5.32 Å². The van der Waals surface area contributed by atoms with Gasteiger partial charge in [0, 0.05) is 12.5 Å². The smallest absolute Gasteiger partial charge is 0.258 e. The zero-order valence-corrected chi connectivity index (χ0v) is 13.5. The molecule has 1 amide bonds. The zero-order chi connectivity index (χ0) is 16.3. The number of rotatable bonds is 4. The highest BCUT2D eigenvalue weighted by atomic mass is 32.2. The van der Waals surface area contributed by atoms with E-state index in [1.807, 2.05) is 0 Å². The van der Waals surface area contributed by atoms with Gasteiger partial charge in [0.2, 0.25) is 0 Å². The second-order valence-electron chi connectivity index (χ2n) is 4.43. The Hall–Kier alpha value is -1.93. The predicted octanol–water partition coefficient (Wildman–Crippen LogP) is 2.60. The number of hydrogen-bond acceptors (Lipinski definition) is 5. The van der Waals surface area contributed by atoms with E-state index in [-0.39, 0.29) is 10.6 Å². The third-order valence-electron chi connectivity index (χ3n) is 2.82. The number of carbonyl (C=O) groups excluding carboxylic acids is 1. The molecule has 0 aliphatic rings. The van der Waals surface area contributed by atoms with E-state index in [2.05, 4.69) is 10.3 Å². The minimum atomic E-state index is -3.49. The highest BCUT2D eigenvalue weighted by molar-refractivity contribution is 7.98. The number of anilines is 1. The Kier molecular flexibility index (Phi) is 4.82. The summed E-state index contributed by atoms with van der Waals surface area (Å²) in [5.74, 6) is -1.27. The van der Waals surface area contributed by atoms with Crippen molar-refractivity contribution in [2.24, 2.45) is 0 Å². The predicted molar refractivity (Wildman–Crippen MR) is 83.5 cm³/mol. The van der Waals surface area contributed by atoms with Crippen LogP contribution in [0.5, 0.6) is 0 Å². The van der Waals surface area contributed by atoms with Crippen LogP contribution in [0.2, 0.25) is 0 Å². The lowest BCUT2D eigenvalue weighted by Crippen LogP contribution is -2.15. The lowest BCUT2D eigenvalue weighted by molar-refractivity contribution is 0.102. The molecule has 0 radical (unpaired) electrons. The highest BCUT2D eigenvalue weighted by Crippen LogP contribution is 2.22. The molecule has 2 rings (SSSR count). The molecule has 0 bridgehead atoms. The summed E-state index contributed by atoms with van der Waals surface area (Å²) in [6.07, 6.45) is 4.33. The fourth-order valence-corrected chi connectivity index (χ4v) is 2.94. The van der Waals surface area contributed by atoms with Crippen molar-refractivity contribution in [1.29, 1.82) is 0 Å². The van der Waals surface area contributed by atoms with Crippen molar-refractivity contribution in [3.05, 3.63) is 47.9 Å². The van der Waals surface area contributed by atoms with E-state index in [0.29, 0.717) is 10.6 Å². The molecule has 0 saturated carbocycles. The Bertz CT molecular complexity index is 823. The van der Waals surface area contributed by atoms with Crippen molar-refractivity contribution >= 4 is 33.2 Å². The number of thioether (sulfide) groups is 1. The van der Waals surface area contributed by atoms with E-state index in [9.17, 15) is 17.6 Å². The molecule has 0 unspecified atom stereocenters. The lowest BCUT2D eigenvalue weighted by atomic mass is 10.2. The Labute approximate surface area is 131 Å². The van der Waals surface area contributed by atoms with E-state index < -0.39 is 21.6 Å². The lowest BCUT2D eigenvalue weighted by Gasteiger charge is -2.09. The first-order valence-electron chi connectivity index (χ1n) is 6.13. The zero-order valence-electron chi connectivity index (χ0n) is 11.8. The molecule has 5 nitrogen and oxygen atoms in total. The molecule has 0 aliphatic heterocycles. The summed E-state index contributed by atoms with van der Waals surface area (Å²) in [6.45, 7) is 0. The fraction of sp³-hybridized carbons (Fsp3) is 0.143. The van der Waals surface area contributed by atoms with E-state index in [0.717, 1.165) is 24.5 Å². The Morgan fingerprint density at radius 2 is 2.05 bits per heavy atom. The molecule has 0 aliphatic carbocycles. The molecule has 0 atom stereocenters. The van der Waals surface area contributed by atoms with Crippen LogP contribution in [-0.2, 0) is 9.84 Å². The molecule has 0 saturated heterocycles. The Morgan fingerprint density at radius 3 is 2.68 bits per heavy atom. The van der Waals surface area contributed by atoms with Gasteiger partial charge in [-0.05, 0) is 36.6 Å². The summed E-state index contributed by atoms with van der Waals surface area (Å²) in [5, 5.41) is 2.88. The van der Waals surface area contributed by atoms with Gasteiger partial charge in [0.15, 0.2) is 9.84 Å². The van der Waals surface area contributed by atoms with Crippen molar-refractivity contribution in [2.75, 3.05) is 17.8 Å². The molecule has 1 aromatic heterocycles. The average Bonchev–Trinajstić information content (AvgIpc) is 2.48. The molecular weight excluding hydrogens is 327 g/mol. The molecule has 1 aromatic carbocycles. The molecular formula is C14H13FN2O3S2. The summed E-state index contributed by atoms with van der Waals surface area (Å²) < 4.78 is 36.8. The maximum absolute atomic E-state index is 13.8. The minimum Gasteiger partial charge on any atom is -0.319 e. The molecule has 2 aromatic rings. The number of aromatic nitrogens is 1. The maximum Gasteiger partial charge on any atom is 0.258 e. The average molecular weight is 340 g/mol. The van der Waals surface area contributed by atoms with Crippen LogP contribution >= 0.6 is 11.8 Å². The molecule has 1 heterocycles. The number of amides is 1. The number of hydrogen-bond donors (Lipinski definition) is 1. The van der Waals surface area contributed by atoms with Gasteiger partial charge in [0.25, 0.3) is 5.91 Å². The van der Waals surface area contributed by atoms with Crippen LogP contribution in [0, 0.1) is 5.82 Å². The second-order valence-corrected chi connectivity index (χ2v) is 7.24. The number of pyridine rings is 1. The van der Waals surface area contributed by atoms with Crippen LogP contribution in [0.4, 0.5) is 10.1 Å². The topological polar surface area (TPSA) is 76.1 Å². The summed E-state index contributed by atoms with van der Waals surface area (Å²) >= 11 is 1.28. The normalized spacial score (nSPS) is 11.2. The molecule has 0 fully saturated rings. The largest absolute Gasteiger partial charge is 0.319 e. The van der Waals surface area contributed by atoms with Gasteiger partial charge in [-0.1, -0.05) is 0 Å². The molecule has 0 spiro atoms. The van der Waals surface area contributed by atoms with Gasteiger partial charge in [0.05, 0.1) is 16.1 Å². The second kappa shape index (κ2) is 6.45. The first kappa shape index (κ1) is 16.4. The SMILES string of the molecule is CSc1ncccc1C(=O)Nc1cc(S(C)(=O)=O)ccc1F. The first-order chi connectivity index (χ1) is 10.3. The number of nitrogens with one attached hydrogen (secondary N) is 1. The quantitative estimate of drug-likeness (QED) is 0.684. The van der Waals surface area contributed by atoms with Gasteiger partial charge in [-0.25, -0.2) is 17.8 Å². The van der Waals surface area contributed by atoms with Gasteiger partial charge >= 0.3 is 0 Å². The van der Waals surface area contributed by atoms with Crippen LogP contribution in [0.1, 0.15) is 10.4 Å². The standard InChI is InChI=1S/C14H13FN2O3S2/c1-21-14-10(4-3-7-16-14)13(18)17-12-8-9(22(2,19)20)5-6-11(12)15/h3-8H,1-2H3,(H,17,18). The van der Waals surface area contributed by atoms with Gasteiger partial charge in [0.1, 0.15) is 10.8 Å². The van der Waals surface area contributed by atoms with Gasteiger partial charge in [-0.3, -0.25) is 4.79 Å². The van der Waals surface area contributed by atoms with Crippen molar-refractivity contribution in [3.8, 4) is 0 Å². The molecule has 22 heavy (non-hydrogen) atoms. The highest BCUT2D eigenvalue weighted by Gasteiger charge is 2.16. The molecule has 8 heteroatoms. The monoisotopic (exact) mass is 340 g/mol. The fourth-order valence-electron chi connectivity index (χ4n) is 1.75. The summed E-state index contributed by atoms with van der Waals surface area (Å²) in [6, 6.07) is 6.41. The molecule has 116 valence electrons. The van der Waals surface area contributed by atoms with Crippen LogP contribution in [0.25, 0.3) is 0 Å². The van der Waals surface area contributed by atoms with Gasteiger partial charge < -0.3 is 5.32 Å². The number of carbonyl (C=O) groups is 1. The Morgan fingerprint density at radius 1 is 1.32 bits per heavy atom. The van der Waals surface area contributed by atoms with E-state index >= 15 is 0 Å². The summed E-state index contributed by atoms with van der Waals surface area (Å²) in [4.78, 5) is 16.2. The van der Waals surface area contributed by atoms with Crippen molar-refractivity contribution in [3.63, 3.8) is 0 Å². The third kappa shape index (κ3) is 3.63. The number of halogens is 1. The van der Waals surface area contributed by atoms with Crippen molar-refractivity contribution < 1.29 is 17.6 Å². The first-order valence-corrected chi connectivity index (χ1v) is 9.24. The number of sulfone groups is 1.